The average molecular weight is 463 g/mol. The molecule has 0 saturated heterocycles. The van der Waals surface area contributed by atoms with Crippen LogP contribution in [0, 0.1) is 0 Å². The molecule has 0 bridgehead atoms. The number of aliphatic carboxylic acids is 1. The number of ether oxygens (including phenoxy) is 2. The number of unbranched alkanes of at least 4 members (excludes halogenated alkanes) is 13. The Labute approximate surface area is 193 Å². The molecule has 8 heteroatoms. The summed E-state index contributed by atoms with van der Waals surface area (Å²) >= 11 is 0. The first kappa shape index (κ1) is 30.8. The van der Waals surface area contributed by atoms with E-state index in [-0.39, 0.29) is 13.2 Å². The maximum absolute atomic E-state index is 12.2. The summed E-state index contributed by atoms with van der Waals surface area (Å²) in [5, 5.41) is 37.9. The van der Waals surface area contributed by atoms with Crippen molar-refractivity contribution in [2.75, 3.05) is 13.2 Å². The van der Waals surface area contributed by atoms with Gasteiger partial charge in [-0.1, -0.05) is 90.4 Å². The second-order valence-electron chi connectivity index (χ2n) is 8.40. The number of hydrogen-bond donors (Lipinski definition) is 4. The van der Waals surface area contributed by atoms with Gasteiger partial charge >= 0.3 is 11.9 Å². The molecule has 0 aliphatic rings. The van der Waals surface area contributed by atoms with Crippen LogP contribution in [0.3, 0.4) is 0 Å². The molecule has 0 amide bonds. The largest absolute Gasteiger partial charge is 0.479 e. The van der Waals surface area contributed by atoms with Crippen molar-refractivity contribution in [2.24, 2.45) is 0 Å². The molecule has 0 heterocycles. The zero-order chi connectivity index (χ0) is 24.2. The van der Waals surface area contributed by atoms with Crippen LogP contribution < -0.4 is 0 Å². The monoisotopic (exact) mass is 462 g/mol. The van der Waals surface area contributed by atoms with E-state index in [1.54, 1.807) is 6.92 Å². The van der Waals surface area contributed by atoms with Gasteiger partial charge in [-0.15, -0.1) is 0 Å². The summed E-state index contributed by atoms with van der Waals surface area (Å²) in [5.41, 5.74) is 0. The normalized spacial score (nSPS) is 15.2. The van der Waals surface area contributed by atoms with Crippen LogP contribution in [0.25, 0.3) is 0 Å². The van der Waals surface area contributed by atoms with Crippen molar-refractivity contribution >= 4 is 11.9 Å². The minimum Gasteiger partial charge on any atom is -0.479 e. The molecule has 0 rings (SSSR count). The maximum atomic E-state index is 12.2. The van der Waals surface area contributed by atoms with Gasteiger partial charge in [0.25, 0.3) is 0 Å². The van der Waals surface area contributed by atoms with E-state index in [2.05, 4.69) is 6.92 Å². The predicted octanol–water partition coefficient (Wildman–Crippen LogP) is 3.58. The summed E-state index contributed by atoms with van der Waals surface area (Å²) in [6, 6.07) is 0. The molecule has 0 aromatic rings. The number of aliphatic hydroxyl groups is 3. The first-order valence-electron chi connectivity index (χ1n) is 12.4. The highest BCUT2D eigenvalue weighted by atomic mass is 16.6. The molecule has 0 aliphatic heterocycles. The Hall–Kier alpha value is -1.22. The standard InChI is InChI=1S/C24H46O8/c1-3-5-6-7-8-9-10-11-12-13-14-15-16-17-18-32-24(30)22(31-4-2)20(26)19(25)21(27)23(28)29/h19-22,25-27H,3-18H2,1-2H3,(H,28,29). The van der Waals surface area contributed by atoms with Gasteiger partial charge in [0.05, 0.1) is 6.61 Å². The summed E-state index contributed by atoms with van der Waals surface area (Å²) in [7, 11) is 0. The highest BCUT2D eigenvalue weighted by Gasteiger charge is 2.39. The molecule has 0 fully saturated rings. The van der Waals surface area contributed by atoms with Gasteiger partial charge in [0.2, 0.25) is 0 Å². The maximum Gasteiger partial charge on any atom is 0.338 e. The lowest BCUT2D eigenvalue weighted by Gasteiger charge is -2.26. The SMILES string of the molecule is CCCCCCCCCCCCCCCCOC(=O)C(OCC)C(O)C(O)C(O)C(=O)O. The van der Waals surface area contributed by atoms with E-state index in [1.807, 2.05) is 0 Å². The highest BCUT2D eigenvalue weighted by Crippen LogP contribution is 2.14. The third kappa shape index (κ3) is 14.8. The molecular weight excluding hydrogens is 416 g/mol. The Kier molecular flexibility index (Phi) is 19.6. The molecule has 0 saturated carbocycles. The second kappa shape index (κ2) is 20.4. The van der Waals surface area contributed by atoms with Gasteiger partial charge in [-0.05, 0) is 13.3 Å². The van der Waals surface area contributed by atoms with E-state index < -0.39 is 36.4 Å². The van der Waals surface area contributed by atoms with Crippen molar-refractivity contribution in [3.63, 3.8) is 0 Å². The van der Waals surface area contributed by atoms with E-state index in [4.69, 9.17) is 14.6 Å². The first-order chi connectivity index (χ1) is 15.4. The summed E-state index contributed by atoms with van der Waals surface area (Å²) in [6.07, 6.45) is 9.26. The fourth-order valence-electron chi connectivity index (χ4n) is 3.55. The Morgan fingerprint density at radius 2 is 1.12 bits per heavy atom. The van der Waals surface area contributed by atoms with Gasteiger partial charge in [-0.25, -0.2) is 9.59 Å². The van der Waals surface area contributed by atoms with Crippen molar-refractivity contribution in [2.45, 2.75) is 128 Å². The molecule has 0 radical (unpaired) electrons. The Morgan fingerprint density at radius 3 is 1.53 bits per heavy atom. The minimum atomic E-state index is -2.23. The van der Waals surface area contributed by atoms with Gasteiger partial charge in [-0.2, -0.15) is 0 Å². The number of aliphatic hydroxyl groups excluding tert-OH is 3. The molecule has 4 N–H and O–H groups in total. The third-order valence-corrected chi connectivity index (χ3v) is 5.56. The van der Waals surface area contributed by atoms with E-state index in [1.165, 1.54) is 64.2 Å². The van der Waals surface area contributed by atoms with Gasteiger partial charge in [-0.3, -0.25) is 0 Å². The molecule has 32 heavy (non-hydrogen) atoms. The number of esters is 1. The van der Waals surface area contributed by atoms with Crippen LogP contribution in [0.4, 0.5) is 0 Å². The van der Waals surface area contributed by atoms with Crippen LogP contribution in [0.1, 0.15) is 104 Å². The van der Waals surface area contributed by atoms with Crippen LogP contribution in [0.5, 0.6) is 0 Å². The summed E-state index contributed by atoms with van der Waals surface area (Å²) < 4.78 is 10.2. The fraction of sp³-hybridized carbons (Fsp3) is 0.917. The number of carboxylic acid groups (broad SMARTS) is 1. The topological polar surface area (TPSA) is 134 Å². The molecular formula is C24H46O8. The molecule has 0 aliphatic carbocycles. The quantitative estimate of drug-likeness (QED) is 0.142. The van der Waals surface area contributed by atoms with E-state index >= 15 is 0 Å². The molecule has 8 nitrogen and oxygen atoms in total. The summed E-state index contributed by atoms with van der Waals surface area (Å²) in [6.45, 7) is 4.03. The Morgan fingerprint density at radius 1 is 0.688 bits per heavy atom. The zero-order valence-electron chi connectivity index (χ0n) is 20.0. The fourth-order valence-corrected chi connectivity index (χ4v) is 3.55. The molecule has 0 aromatic heterocycles. The van der Waals surface area contributed by atoms with Crippen molar-refractivity contribution < 1.29 is 39.5 Å². The van der Waals surface area contributed by atoms with Crippen LogP contribution >= 0.6 is 0 Å². The van der Waals surface area contributed by atoms with Gasteiger partial charge in [0, 0.05) is 6.61 Å². The van der Waals surface area contributed by atoms with Crippen LogP contribution in [-0.2, 0) is 19.1 Å². The lowest BCUT2D eigenvalue weighted by atomic mass is 10.0. The van der Waals surface area contributed by atoms with Gasteiger partial charge in [0.15, 0.2) is 12.2 Å². The lowest BCUT2D eigenvalue weighted by Crippen LogP contribution is -2.51. The van der Waals surface area contributed by atoms with Crippen molar-refractivity contribution in [1.82, 2.24) is 0 Å². The minimum absolute atomic E-state index is 0.0472. The van der Waals surface area contributed by atoms with E-state index in [0.29, 0.717) is 6.42 Å². The van der Waals surface area contributed by atoms with Crippen molar-refractivity contribution in [3.8, 4) is 0 Å². The Balaban J connectivity index is 3.83. The Bertz CT molecular complexity index is 471. The molecule has 4 atom stereocenters. The van der Waals surface area contributed by atoms with Gasteiger partial charge < -0.3 is 29.9 Å². The first-order valence-corrected chi connectivity index (χ1v) is 12.4. The van der Waals surface area contributed by atoms with Crippen molar-refractivity contribution in [1.29, 1.82) is 0 Å². The number of hydrogen-bond acceptors (Lipinski definition) is 7. The van der Waals surface area contributed by atoms with Crippen LogP contribution in [-0.4, -0.2) is 70.0 Å². The van der Waals surface area contributed by atoms with E-state index in [0.717, 1.165) is 19.3 Å². The number of carbonyl (C=O) groups excluding carboxylic acids is 1. The number of carboxylic acids is 1. The molecule has 4 unspecified atom stereocenters. The smallest absolute Gasteiger partial charge is 0.338 e. The molecule has 0 spiro atoms. The molecule has 190 valence electrons. The lowest BCUT2D eigenvalue weighted by molar-refractivity contribution is -0.181. The van der Waals surface area contributed by atoms with Crippen LogP contribution in [0.2, 0.25) is 0 Å². The van der Waals surface area contributed by atoms with Gasteiger partial charge in [0.1, 0.15) is 12.2 Å². The second-order valence-corrected chi connectivity index (χ2v) is 8.40. The average Bonchev–Trinajstić information content (AvgIpc) is 2.78. The zero-order valence-corrected chi connectivity index (χ0v) is 20.0. The predicted molar refractivity (Wildman–Crippen MR) is 122 cm³/mol. The highest BCUT2D eigenvalue weighted by molar-refractivity contribution is 5.76. The summed E-state index contributed by atoms with van der Waals surface area (Å²) in [4.78, 5) is 22.9. The number of rotatable bonds is 22. The molecule has 0 aromatic carbocycles. The third-order valence-electron chi connectivity index (χ3n) is 5.56. The van der Waals surface area contributed by atoms with E-state index in [9.17, 15) is 24.9 Å². The summed E-state index contributed by atoms with van der Waals surface area (Å²) in [5.74, 6) is -2.59. The van der Waals surface area contributed by atoms with Crippen LogP contribution in [0.15, 0.2) is 0 Å². The number of carbonyl (C=O) groups is 2. The van der Waals surface area contributed by atoms with Crippen molar-refractivity contribution in [3.05, 3.63) is 0 Å².